The van der Waals surface area contributed by atoms with Crippen LogP contribution in [0.1, 0.15) is 0 Å². The van der Waals surface area contributed by atoms with Crippen molar-refractivity contribution in [2.75, 3.05) is 23.7 Å². The van der Waals surface area contributed by atoms with Crippen LogP contribution >= 0.6 is 22.3 Å². The number of benzene rings is 3. The number of methoxy groups -OCH3 is 2. The first-order valence-corrected chi connectivity index (χ1v) is 15.1. The van der Waals surface area contributed by atoms with Crippen molar-refractivity contribution in [3.63, 3.8) is 0 Å². The normalized spacial score (nSPS) is 12.4. The molecule has 190 valence electrons. The van der Waals surface area contributed by atoms with Crippen molar-refractivity contribution in [3.8, 4) is 11.5 Å². The Hall–Kier alpha value is -3.26. The highest BCUT2D eigenvalue weighted by Gasteiger charge is 2.23. The molecule has 0 radical (unpaired) electrons. The molecule has 0 aliphatic rings. The minimum Gasteiger partial charge on any atom is -0.493 e. The number of anilines is 2. The summed E-state index contributed by atoms with van der Waals surface area (Å²) in [6.07, 6.45) is 1.82. The minimum atomic E-state index is -4.21. The minimum absolute atomic E-state index is 0.0632. The largest absolute Gasteiger partial charge is 0.493 e. The van der Waals surface area contributed by atoms with Crippen LogP contribution in [0.5, 0.6) is 11.5 Å². The van der Waals surface area contributed by atoms with Gasteiger partial charge in [0.1, 0.15) is 11.6 Å². The quantitative estimate of drug-likeness (QED) is 0.271. The van der Waals surface area contributed by atoms with Crippen LogP contribution in [0.3, 0.4) is 0 Å². The van der Waals surface area contributed by atoms with Gasteiger partial charge in [-0.25, -0.2) is 16.8 Å². The average Bonchev–Trinajstić information content (AvgIpc) is 3.12. The van der Waals surface area contributed by atoms with Crippen LogP contribution in [0, 0.1) is 0 Å². The summed E-state index contributed by atoms with van der Waals surface area (Å²) in [6.45, 7) is 0. The molecule has 1 heterocycles. The summed E-state index contributed by atoms with van der Waals surface area (Å²) in [6, 6.07) is 12.3. The van der Waals surface area contributed by atoms with Crippen LogP contribution in [0.25, 0.3) is 10.1 Å². The highest BCUT2D eigenvalue weighted by molar-refractivity contribution is 7.93. The third-order valence-electron chi connectivity index (χ3n) is 5.22. The summed E-state index contributed by atoms with van der Waals surface area (Å²) in [7, 11) is -6.10. The number of aromatic amines is 1. The first-order chi connectivity index (χ1) is 16.9. The van der Waals surface area contributed by atoms with Gasteiger partial charge in [-0.15, -0.1) is 0 Å². The van der Waals surface area contributed by atoms with Gasteiger partial charge in [0.05, 0.1) is 46.1 Å². The van der Waals surface area contributed by atoms with E-state index in [0.29, 0.717) is 10.4 Å². The third kappa shape index (κ3) is 5.00. The Bertz CT molecular complexity index is 1750. The van der Waals surface area contributed by atoms with Crippen LogP contribution in [0.4, 0.5) is 11.4 Å². The second kappa shape index (κ2) is 9.65. The molecular formula is C22H21ClN3O7S3+. The van der Waals surface area contributed by atoms with Gasteiger partial charge in [0.25, 0.3) is 20.0 Å². The zero-order chi connectivity index (χ0) is 26.3. The number of nitrogens with one attached hydrogen (secondary N) is 3. The van der Waals surface area contributed by atoms with Crippen LogP contribution in [0.2, 0.25) is 5.02 Å². The Balaban J connectivity index is 1.70. The summed E-state index contributed by atoms with van der Waals surface area (Å²) in [5, 5.41) is 0.439. The van der Waals surface area contributed by atoms with Gasteiger partial charge >= 0.3 is 5.56 Å². The maximum Gasteiger partial charge on any atom is 0.301 e. The van der Waals surface area contributed by atoms with E-state index in [1.54, 1.807) is 6.07 Å². The smallest absolute Gasteiger partial charge is 0.301 e. The van der Waals surface area contributed by atoms with Gasteiger partial charge < -0.3 is 9.47 Å². The van der Waals surface area contributed by atoms with Gasteiger partial charge in [-0.05, 0) is 42.5 Å². The Morgan fingerprint density at radius 3 is 2.08 bits per heavy atom. The fraction of sp³-hybridized carbons (Fsp3) is 0.136. The summed E-state index contributed by atoms with van der Waals surface area (Å²) >= 11 is 6.07. The summed E-state index contributed by atoms with van der Waals surface area (Å²) < 4.78 is 71.0. The fourth-order valence-corrected chi connectivity index (χ4v) is 7.07. The van der Waals surface area contributed by atoms with Crippen LogP contribution in [-0.4, -0.2) is 35.4 Å². The number of halogens is 1. The highest BCUT2D eigenvalue weighted by Crippen LogP contribution is 2.33. The molecular weight excluding hydrogens is 550 g/mol. The van der Waals surface area contributed by atoms with Crippen molar-refractivity contribution in [3.05, 3.63) is 70.0 Å². The molecule has 36 heavy (non-hydrogen) atoms. The molecule has 3 N–H and O–H groups in total. The first kappa shape index (κ1) is 25.8. The summed E-state index contributed by atoms with van der Waals surface area (Å²) in [5.74, 6) is 0.544. The molecule has 3 aromatic carbocycles. The Morgan fingerprint density at radius 1 is 0.806 bits per heavy atom. The number of hydrogen-bond donors (Lipinski definition) is 3. The molecule has 0 spiro atoms. The van der Waals surface area contributed by atoms with Crippen LogP contribution < -0.4 is 24.5 Å². The van der Waals surface area contributed by atoms with Crippen molar-refractivity contribution in [1.29, 1.82) is 0 Å². The van der Waals surface area contributed by atoms with Gasteiger partial charge in [-0.2, -0.15) is 4.37 Å². The lowest BCUT2D eigenvalue weighted by Crippen LogP contribution is -2.18. The molecule has 1 unspecified atom stereocenters. The first-order valence-electron chi connectivity index (χ1n) is 10.1. The molecule has 1 atom stereocenters. The number of hydrogen-bond acceptors (Lipinski definition) is 7. The Labute approximate surface area is 215 Å². The van der Waals surface area contributed by atoms with Crippen molar-refractivity contribution < 1.29 is 26.3 Å². The second-order valence-electron chi connectivity index (χ2n) is 7.52. The molecule has 1 aromatic heterocycles. The van der Waals surface area contributed by atoms with Gasteiger partial charge in [-0.1, -0.05) is 11.6 Å². The zero-order valence-corrected chi connectivity index (χ0v) is 22.4. The molecule has 0 fully saturated rings. The lowest BCUT2D eigenvalue weighted by molar-refractivity contribution is 0.354. The molecule has 0 saturated carbocycles. The molecule has 4 rings (SSSR count). The van der Waals surface area contributed by atoms with E-state index in [0.717, 1.165) is 0 Å². The van der Waals surface area contributed by atoms with Crippen molar-refractivity contribution >= 4 is 63.8 Å². The number of H-pyrrole nitrogens is 1. The number of aryl methyl sites for hydroxylation is 1. The van der Waals surface area contributed by atoms with E-state index in [4.69, 9.17) is 21.1 Å². The lowest BCUT2D eigenvalue weighted by Gasteiger charge is -2.16. The van der Waals surface area contributed by atoms with Gasteiger partial charge in [0.15, 0.2) is 11.5 Å². The SMILES string of the molecule is COc1ccc(S(=O)(=O)Nc2ccc(Cl)cc2NS(=O)(=O)c2ccc3c(c2)c(=O)[nH][s+]3C)cc1OC. The van der Waals surface area contributed by atoms with Crippen molar-refractivity contribution in [1.82, 2.24) is 4.37 Å². The Kier molecular flexibility index (Phi) is 6.92. The molecule has 4 aromatic rings. The van der Waals surface area contributed by atoms with E-state index in [9.17, 15) is 21.6 Å². The maximum atomic E-state index is 13.2. The number of sulfonamides is 2. The van der Waals surface area contributed by atoms with E-state index < -0.39 is 30.7 Å². The van der Waals surface area contributed by atoms with Crippen LogP contribution in [0.15, 0.2) is 69.2 Å². The fourth-order valence-electron chi connectivity index (χ4n) is 3.45. The van der Waals surface area contributed by atoms with E-state index in [2.05, 4.69) is 13.8 Å². The topological polar surface area (TPSA) is 144 Å². The van der Waals surface area contributed by atoms with E-state index in [-0.39, 0.29) is 42.9 Å². The van der Waals surface area contributed by atoms with Crippen LogP contribution in [-0.2, 0) is 26.3 Å². The Morgan fingerprint density at radius 2 is 1.42 bits per heavy atom. The molecule has 0 saturated heterocycles. The average molecular weight is 571 g/mol. The summed E-state index contributed by atoms with van der Waals surface area (Å²) in [4.78, 5) is 11.9. The van der Waals surface area contributed by atoms with Gasteiger partial charge in [0.2, 0.25) is 4.70 Å². The molecule has 0 aliphatic carbocycles. The molecule has 0 aliphatic heterocycles. The van der Waals surface area contributed by atoms with E-state index in [1.807, 2.05) is 6.26 Å². The number of ether oxygens (including phenoxy) is 2. The molecule has 14 heteroatoms. The number of aromatic nitrogens is 1. The third-order valence-corrected chi connectivity index (χ3v) is 9.69. The summed E-state index contributed by atoms with van der Waals surface area (Å²) in [5.41, 5.74) is -0.530. The standard InChI is InChI=1S/C22H20ClN3O7S3/c1-32-19-8-5-15(12-20(19)33-2)36(30,31)25-17-7-4-13(23)10-18(17)26-35(28,29)14-6-9-21-16(11-14)22(27)24-34(21)3/h4-12,25-26H,1-3H3/p+1. The van der Waals surface area contributed by atoms with Crippen molar-refractivity contribution in [2.24, 2.45) is 6.26 Å². The maximum absolute atomic E-state index is 13.2. The predicted octanol–water partition coefficient (Wildman–Crippen LogP) is 4.09. The van der Waals surface area contributed by atoms with E-state index >= 15 is 0 Å². The number of rotatable bonds is 8. The molecule has 0 bridgehead atoms. The highest BCUT2D eigenvalue weighted by atomic mass is 35.5. The monoisotopic (exact) mass is 570 g/mol. The molecule has 10 nitrogen and oxygen atoms in total. The van der Waals surface area contributed by atoms with Gasteiger partial charge in [0, 0.05) is 17.2 Å². The number of fused-ring (bicyclic) bond motifs is 1. The zero-order valence-electron chi connectivity index (χ0n) is 19.2. The second-order valence-corrected chi connectivity index (χ2v) is 13.0. The van der Waals surface area contributed by atoms with Gasteiger partial charge in [-0.3, -0.25) is 14.2 Å². The van der Waals surface area contributed by atoms with E-state index in [1.165, 1.54) is 62.8 Å². The predicted molar refractivity (Wildman–Crippen MR) is 141 cm³/mol. The van der Waals surface area contributed by atoms with Crippen molar-refractivity contribution in [2.45, 2.75) is 9.79 Å². The molecule has 0 amide bonds. The lowest BCUT2D eigenvalue weighted by atomic mass is 10.3.